The lowest BCUT2D eigenvalue weighted by atomic mass is 10.0. The molecule has 0 bridgehead atoms. The summed E-state index contributed by atoms with van der Waals surface area (Å²) < 4.78 is 5.54. The fourth-order valence-corrected chi connectivity index (χ4v) is 4.07. The minimum atomic E-state index is -0.236. The summed E-state index contributed by atoms with van der Waals surface area (Å²) in [5.41, 5.74) is 3.37. The lowest BCUT2D eigenvalue weighted by Gasteiger charge is -2.23. The Labute approximate surface area is 202 Å². The van der Waals surface area contributed by atoms with Crippen molar-refractivity contribution in [3.05, 3.63) is 58.7 Å². The number of rotatable bonds is 6. The van der Waals surface area contributed by atoms with Gasteiger partial charge in [-0.05, 0) is 37.1 Å². The molecule has 0 fully saturated rings. The van der Waals surface area contributed by atoms with E-state index in [1.807, 2.05) is 18.2 Å². The molecule has 9 nitrogen and oxygen atoms in total. The second-order valence-electron chi connectivity index (χ2n) is 7.71. The van der Waals surface area contributed by atoms with Crippen LogP contribution in [0.1, 0.15) is 28.8 Å². The zero-order chi connectivity index (χ0) is 24.2. The van der Waals surface area contributed by atoms with Crippen molar-refractivity contribution in [2.24, 2.45) is 0 Å². The summed E-state index contributed by atoms with van der Waals surface area (Å²) in [5.74, 6) is 1.13. The number of hydrogen-bond acceptors (Lipinski definition) is 7. The van der Waals surface area contributed by atoms with Crippen LogP contribution >= 0.6 is 11.6 Å². The minimum absolute atomic E-state index is 0.0280. The van der Waals surface area contributed by atoms with E-state index in [-0.39, 0.29) is 22.8 Å². The molecule has 4 rings (SSSR count). The molecule has 0 unspecified atom stereocenters. The van der Waals surface area contributed by atoms with E-state index in [1.165, 1.54) is 6.20 Å². The van der Waals surface area contributed by atoms with Crippen molar-refractivity contribution in [1.29, 1.82) is 0 Å². The third-order valence-corrected chi connectivity index (χ3v) is 5.91. The molecule has 0 spiro atoms. The predicted octanol–water partition coefficient (Wildman–Crippen LogP) is 4.28. The number of nitrogens with one attached hydrogen (secondary N) is 3. The first-order chi connectivity index (χ1) is 16.4. The number of amides is 2. The van der Waals surface area contributed by atoms with Gasteiger partial charge in [0.1, 0.15) is 10.8 Å². The number of methoxy groups -OCH3 is 1. The van der Waals surface area contributed by atoms with Crippen molar-refractivity contribution in [2.45, 2.75) is 19.3 Å². The van der Waals surface area contributed by atoms with Gasteiger partial charge in [0, 0.05) is 26.1 Å². The second-order valence-corrected chi connectivity index (χ2v) is 8.12. The first-order valence-corrected chi connectivity index (χ1v) is 11.1. The van der Waals surface area contributed by atoms with Gasteiger partial charge in [-0.2, -0.15) is 4.98 Å². The highest BCUT2D eigenvalue weighted by Gasteiger charge is 2.25. The molecule has 0 saturated carbocycles. The normalized spacial score (nSPS) is 13.1. The lowest BCUT2D eigenvalue weighted by molar-refractivity contribution is -0.118. The number of aromatic nitrogens is 2. The monoisotopic (exact) mass is 480 g/mol. The highest BCUT2D eigenvalue weighted by atomic mass is 35.5. The number of para-hydroxylation sites is 1. The van der Waals surface area contributed by atoms with E-state index in [0.29, 0.717) is 35.6 Å². The van der Waals surface area contributed by atoms with Crippen LogP contribution in [-0.2, 0) is 11.2 Å². The van der Waals surface area contributed by atoms with Crippen LogP contribution in [-0.4, -0.2) is 43.0 Å². The zero-order valence-electron chi connectivity index (χ0n) is 19.1. The summed E-state index contributed by atoms with van der Waals surface area (Å²) in [7, 11) is 4.94. The number of hydrogen-bond donors (Lipinski definition) is 3. The van der Waals surface area contributed by atoms with Gasteiger partial charge in [-0.15, -0.1) is 0 Å². The molecule has 1 aromatic heterocycles. The van der Waals surface area contributed by atoms with Gasteiger partial charge in [0.05, 0.1) is 35.9 Å². The molecule has 3 N–H and O–H groups in total. The van der Waals surface area contributed by atoms with Gasteiger partial charge in [-0.1, -0.05) is 23.7 Å². The van der Waals surface area contributed by atoms with Crippen molar-refractivity contribution in [1.82, 2.24) is 15.3 Å². The van der Waals surface area contributed by atoms with E-state index in [0.717, 1.165) is 23.4 Å². The molecule has 1 aliphatic heterocycles. The van der Waals surface area contributed by atoms with E-state index < -0.39 is 0 Å². The molecule has 176 valence electrons. The molecule has 2 amide bonds. The Morgan fingerprint density at radius 2 is 1.91 bits per heavy atom. The van der Waals surface area contributed by atoms with Gasteiger partial charge in [-0.3, -0.25) is 9.59 Å². The number of fused-ring (bicyclic) bond motifs is 1. The molecule has 10 heteroatoms. The van der Waals surface area contributed by atoms with Crippen LogP contribution in [0.2, 0.25) is 5.02 Å². The smallest absolute Gasteiger partial charge is 0.253 e. The minimum Gasteiger partial charge on any atom is -0.496 e. The zero-order valence-corrected chi connectivity index (χ0v) is 19.9. The summed E-state index contributed by atoms with van der Waals surface area (Å²) >= 11 is 6.35. The van der Waals surface area contributed by atoms with Gasteiger partial charge < -0.3 is 25.6 Å². The van der Waals surface area contributed by atoms with Gasteiger partial charge >= 0.3 is 0 Å². The largest absolute Gasteiger partial charge is 0.496 e. The van der Waals surface area contributed by atoms with Crippen molar-refractivity contribution in [3.8, 4) is 5.75 Å². The fourth-order valence-electron chi connectivity index (χ4n) is 3.93. The topological polar surface area (TPSA) is 108 Å². The molecule has 0 aliphatic carbocycles. The standard InChI is InChI=1S/C24H25ClN6O3/c1-26-23(33)14-7-4-5-9-17(14)28-22-16(25)13-27-24(30-22)29-18-11-12-19(34-3)15-8-6-10-20(32)31(2)21(15)18/h4-5,7,9,11-13H,6,8,10H2,1-3H3,(H,26,33)(H2,27,28,29,30). The summed E-state index contributed by atoms with van der Waals surface area (Å²) in [4.78, 5) is 35.2. The Balaban J connectivity index is 1.70. The SMILES string of the molecule is CNC(=O)c1ccccc1Nc1nc(Nc2ccc(OC)c3c2N(C)C(=O)CCC3)ncc1Cl. The number of halogens is 1. The van der Waals surface area contributed by atoms with Crippen molar-refractivity contribution >= 4 is 52.2 Å². The van der Waals surface area contributed by atoms with E-state index in [4.69, 9.17) is 16.3 Å². The quantitative estimate of drug-likeness (QED) is 0.483. The lowest BCUT2D eigenvalue weighted by Crippen LogP contribution is -2.26. The van der Waals surface area contributed by atoms with Crippen LogP contribution in [0.5, 0.6) is 5.75 Å². The summed E-state index contributed by atoms with van der Waals surface area (Å²) in [6.07, 6.45) is 3.39. The van der Waals surface area contributed by atoms with Crippen molar-refractivity contribution in [2.75, 3.05) is 36.7 Å². The van der Waals surface area contributed by atoms with E-state index in [9.17, 15) is 9.59 Å². The van der Waals surface area contributed by atoms with Gasteiger partial charge in [-0.25, -0.2) is 4.98 Å². The number of ether oxygens (including phenoxy) is 1. The molecule has 34 heavy (non-hydrogen) atoms. The first kappa shape index (κ1) is 23.3. The fraction of sp³-hybridized carbons (Fsp3) is 0.250. The average Bonchev–Trinajstić information content (AvgIpc) is 3.00. The maximum Gasteiger partial charge on any atom is 0.253 e. The van der Waals surface area contributed by atoms with E-state index in [1.54, 1.807) is 44.3 Å². The number of benzene rings is 2. The molecule has 2 aromatic carbocycles. The first-order valence-electron chi connectivity index (χ1n) is 10.8. The Kier molecular flexibility index (Phi) is 6.83. The summed E-state index contributed by atoms with van der Waals surface area (Å²) in [6.45, 7) is 0. The Bertz CT molecular complexity index is 1250. The summed E-state index contributed by atoms with van der Waals surface area (Å²) in [6, 6.07) is 10.7. The van der Waals surface area contributed by atoms with Crippen LogP contribution in [0, 0.1) is 0 Å². The highest BCUT2D eigenvalue weighted by Crippen LogP contribution is 2.40. The number of carbonyl (C=O) groups is 2. The third-order valence-electron chi connectivity index (χ3n) is 5.63. The van der Waals surface area contributed by atoms with Crippen LogP contribution < -0.4 is 25.6 Å². The molecule has 0 radical (unpaired) electrons. The van der Waals surface area contributed by atoms with Crippen LogP contribution in [0.3, 0.4) is 0 Å². The third kappa shape index (κ3) is 4.60. The van der Waals surface area contributed by atoms with Crippen molar-refractivity contribution < 1.29 is 14.3 Å². The number of anilines is 5. The Morgan fingerprint density at radius 3 is 2.68 bits per heavy atom. The summed E-state index contributed by atoms with van der Waals surface area (Å²) in [5, 5.41) is 9.24. The molecule has 2 heterocycles. The Hall–Kier alpha value is -3.85. The van der Waals surface area contributed by atoms with E-state index in [2.05, 4.69) is 25.9 Å². The van der Waals surface area contributed by atoms with Gasteiger partial charge in [0.15, 0.2) is 5.82 Å². The van der Waals surface area contributed by atoms with Crippen LogP contribution in [0.4, 0.5) is 28.8 Å². The Morgan fingerprint density at radius 1 is 1.12 bits per heavy atom. The van der Waals surface area contributed by atoms with Crippen LogP contribution in [0.15, 0.2) is 42.6 Å². The highest BCUT2D eigenvalue weighted by molar-refractivity contribution is 6.33. The van der Waals surface area contributed by atoms with Gasteiger partial charge in [0.2, 0.25) is 11.9 Å². The van der Waals surface area contributed by atoms with Crippen molar-refractivity contribution in [3.63, 3.8) is 0 Å². The maximum atomic E-state index is 12.6. The second kappa shape index (κ2) is 9.96. The molecule has 0 atom stereocenters. The molecule has 3 aromatic rings. The predicted molar refractivity (Wildman–Crippen MR) is 133 cm³/mol. The number of nitrogens with zero attached hydrogens (tertiary/aromatic N) is 3. The van der Waals surface area contributed by atoms with Gasteiger partial charge in [0.25, 0.3) is 5.91 Å². The average molecular weight is 481 g/mol. The van der Waals surface area contributed by atoms with E-state index >= 15 is 0 Å². The molecular formula is C24H25ClN6O3. The maximum absolute atomic E-state index is 12.6. The van der Waals surface area contributed by atoms with Crippen LogP contribution in [0.25, 0.3) is 0 Å². The molecule has 1 aliphatic rings. The molecule has 0 saturated heterocycles. The molecular weight excluding hydrogens is 456 g/mol. The number of carbonyl (C=O) groups excluding carboxylic acids is 2.